The molecule has 0 atom stereocenters. The van der Waals surface area contributed by atoms with E-state index < -0.39 is 0 Å². The molecule has 3 aromatic rings. The summed E-state index contributed by atoms with van der Waals surface area (Å²) in [6.45, 7) is 0. The first-order valence-electron chi connectivity index (χ1n) is 7.19. The van der Waals surface area contributed by atoms with Crippen LogP contribution in [0.15, 0.2) is 55.2 Å². The maximum Gasteiger partial charge on any atom is 0.259 e. The van der Waals surface area contributed by atoms with Crippen molar-refractivity contribution in [2.75, 3.05) is 19.5 Å². The van der Waals surface area contributed by atoms with Gasteiger partial charge in [0.2, 0.25) is 0 Å². The highest BCUT2D eigenvalue weighted by molar-refractivity contribution is 6.06. The number of nitrogens with zero attached hydrogens (tertiary/aromatic N) is 3. The molecule has 0 fully saturated rings. The zero-order valence-electron chi connectivity index (χ0n) is 13.3. The number of nitrogens with one attached hydrogen (secondary N) is 1. The van der Waals surface area contributed by atoms with Crippen molar-refractivity contribution in [1.29, 1.82) is 0 Å². The molecule has 24 heavy (non-hydrogen) atoms. The van der Waals surface area contributed by atoms with Gasteiger partial charge in [-0.25, -0.2) is 9.97 Å². The van der Waals surface area contributed by atoms with E-state index in [4.69, 9.17) is 9.47 Å². The molecule has 0 aliphatic carbocycles. The molecule has 1 amide bonds. The summed E-state index contributed by atoms with van der Waals surface area (Å²) in [6.07, 6.45) is 6.71. The van der Waals surface area contributed by atoms with E-state index in [1.807, 2.05) is 0 Å². The smallest absolute Gasteiger partial charge is 0.259 e. The van der Waals surface area contributed by atoms with Gasteiger partial charge in [-0.2, -0.15) is 0 Å². The monoisotopic (exact) mass is 324 g/mol. The molecule has 0 spiro atoms. The van der Waals surface area contributed by atoms with Gasteiger partial charge in [-0.3, -0.25) is 9.36 Å². The van der Waals surface area contributed by atoms with Gasteiger partial charge in [-0.15, -0.1) is 0 Å². The van der Waals surface area contributed by atoms with E-state index in [1.54, 1.807) is 66.9 Å². The first kappa shape index (κ1) is 15.5. The fourth-order valence-corrected chi connectivity index (χ4v) is 2.19. The van der Waals surface area contributed by atoms with Crippen LogP contribution in [0.1, 0.15) is 10.4 Å². The van der Waals surface area contributed by atoms with E-state index in [-0.39, 0.29) is 5.91 Å². The number of benzene rings is 1. The van der Waals surface area contributed by atoms with Crippen molar-refractivity contribution in [3.8, 4) is 17.3 Å². The molecule has 122 valence electrons. The Morgan fingerprint density at radius 1 is 1.17 bits per heavy atom. The van der Waals surface area contributed by atoms with Gasteiger partial charge >= 0.3 is 0 Å². The van der Waals surface area contributed by atoms with Crippen molar-refractivity contribution in [2.45, 2.75) is 0 Å². The lowest BCUT2D eigenvalue weighted by atomic mass is 10.1. The van der Waals surface area contributed by atoms with Gasteiger partial charge < -0.3 is 14.8 Å². The average Bonchev–Trinajstić information content (AvgIpc) is 3.16. The maximum absolute atomic E-state index is 12.4. The molecule has 0 aliphatic rings. The van der Waals surface area contributed by atoms with Gasteiger partial charge in [0.1, 0.15) is 23.6 Å². The number of carbonyl (C=O) groups is 1. The minimum absolute atomic E-state index is 0.285. The van der Waals surface area contributed by atoms with Crippen LogP contribution in [-0.4, -0.2) is 34.7 Å². The predicted molar refractivity (Wildman–Crippen MR) is 88.9 cm³/mol. The number of aromatic nitrogens is 3. The van der Waals surface area contributed by atoms with E-state index in [1.165, 1.54) is 7.11 Å². The molecular formula is C17H16N4O3. The summed E-state index contributed by atoms with van der Waals surface area (Å²) in [5.41, 5.74) is 0.999. The van der Waals surface area contributed by atoms with Crippen LogP contribution in [0, 0.1) is 0 Å². The Morgan fingerprint density at radius 3 is 2.67 bits per heavy atom. The normalized spacial score (nSPS) is 10.2. The lowest BCUT2D eigenvalue weighted by Gasteiger charge is -2.11. The van der Waals surface area contributed by atoms with Crippen LogP contribution in [0.4, 0.5) is 5.69 Å². The molecule has 0 unspecified atom stereocenters. The number of rotatable bonds is 5. The molecule has 0 bridgehead atoms. The SMILES string of the molecule is COc1ccc(C(=O)Nc2ccc(-n3ccnc3)nc2)c(OC)c1. The Morgan fingerprint density at radius 2 is 2.04 bits per heavy atom. The number of pyridine rings is 1. The molecule has 2 aromatic heterocycles. The number of anilines is 1. The van der Waals surface area contributed by atoms with Crippen molar-refractivity contribution in [3.63, 3.8) is 0 Å². The van der Waals surface area contributed by atoms with Crippen LogP contribution < -0.4 is 14.8 Å². The number of imidazole rings is 1. The molecule has 2 heterocycles. The molecule has 0 saturated heterocycles. The van der Waals surface area contributed by atoms with Crippen molar-refractivity contribution in [1.82, 2.24) is 14.5 Å². The third kappa shape index (κ3) is 3.19. The largest absolute Gasteiger partial charge is 0.497 e. The predicted octanol–water partition coefficient (Wildman–Crippen LogP) is 2.54. The third-order valence-corrected chi connectivity index (χ3v) is 3.43. The minimum Gasteiger partial charge on any atom is -0.497 e. The molecule has 1 N–H and O–H groups in total. The van der Waals surface area contributed by atoms with Crippen LogP contribution in [0.25, 0.3) is 5.82 Å². The second-order valence-corrected chi connectivity index (χ2v) is 4.90. The van der Waals surface area contributed by atoms with Crippen LogP contribution in [0.2, 0.25) is 0 Å². The fraction of sp³-hybridized carbons (Fsp3) is 0.118. The van der Waals surface area contributed by atoms with E-state index in [2.05, 4.69) is 15.3 Å². The lowest BCUT2D eigenvalue weighted by molar-refractivity contribution is 0.102. The zero-order valence-corrected chi connectivity index (χ0v) is 13.3. The number of methoxy groups -OCH3 is 2. The molecule has 7 nitrogen and oxygen atoms in total. The fourth-order valence-electron chi connectivity index (χ4n) is 2.19. The average molecular weight is 324 g/mol. The number of hydrogen-bond acceptors (Lipinski definition) is 5. The van der Waals surface area contributed by atoms with Crippen molar-refractivity contribution in [3.05, 3.63) is 60.8 Å². The van der Waals surface area contributed by atoms with Gasteiger partial charge in [0.05, 0.1) is 31.7 Å². The van der Waals surface area contributed by atoms with Crippen LogP contribution in [0.5, 0.6) is 11.5 Å². The van der Waals surface area contributed by atoms with Crippen molar-refractivity contribution < 1.29 is 14.3 Å². The molecule has 0 saturated carbocycles. The Balaban J connectivity index is 1.77. The molecule has 3 rings (SSSR count). The first-order valence-corrected chi connectivity index (χ1v) is 7.19. The topological polar surface area (TPSA) is 78.3 Å². The third-order valence-electron chi connectivity index (χ3n) is 3.43. The lowest BCUT2D eigenvalue weighted by Crippen LogP contribution is -2.13. The summed E-state index contributed by atoms with van der Waals surface area (Å²) in [5, 5.41) is 2.80. The summed E-state index contributed by atoms with van der Waals surface area (Å²) in [5.74, 6) is 1.49. The standard InChI is InChI=1S/C17H16N4O3/c1-23-13-4-5-14(15(9-13)24-2)17(22)20-12-3-6-16(19-10-12)21-8-7-18-11-21/h3-11H,1-2H3,(H,20,22). The number of amides is 1. The number of ether oxygens (including phenoxy) is 2. The molecular weight excluding hydrogens is 308 g/mol. The molecule has 0 aliphatic heterocycles. The Kier molecular flexibility index (Phi) is 4.42. The first-order chi connectivity index (χ1) is 11.7. The highest BCUT2D eigenvalue weighted by atomic mass is 16.5. The number of carbonyl (C=O) groups excluding carboxylic acids is 1. The van der Waals surface area contributed by atoms with Crippen molar-refractivity contribution >= 4 is 11.6 Å². The molecule has 1 aromatic carbocycles. The van der Waals surface area contributed by atoms with E-state index in [0.29, 0.717) is 28.6 Å². The Hall–Kier alpha value is -3.35. The highest BCUT2D eigenvalue weighted by Gasteiger charge is 2.13. The summed E-state index contributed by atoms with van der Waals surface area (Å²) in [7, 11) is 3.06. The summed E-state index contributed by atoms with van der Waals surface area (Å²) in [4.78, 5) is 20.7. The highest BCUT2D eigenvalue weighted by Crippen LogP contribution is 2.25. The van der Waals surface area contributed by atoms with E-state index in [9.17, 15) is 4.79 Å². The second-order valence-electron chi connectivity index (χ2n) is 4.90. The van der Waals surface area contributed by atoms with Crippen LogP contribution in [-0.2, 0) is 0 Å². The summed E-state index contributed by atoms with van der Waals surface area (Å²) < 4.78 is 12.2. The van der Waals surface area contributed by atoms with Crippen LogP contribution >= 0.6 is 0 Å². The number of hydrogen-bond donors (Lipinski definition) is 1. The Bertz CT molecular complexity index is 830. The van der Waals surface area contributed by atoms with Crippen LogP contribution in [0.3, 0.4) is 0 Å². The van der Waals surface area contributed by atoms with Gasteiger partial charge in [-0.1, -0.05) is 0 Å². The minimum atomic E-state index is -0.285. The maximum atomic E-state index is 12.4. The Labute approximate surface area is 138 Å². The second kappa shape index (κ2) is 6.82. The van der Waals surface area contributed by atoms with Crippen molar-refractivity contribution in [2.24, 2.45) is 0 Å². The van der Waals surface area contributed by atoms with E-state index in [0.717, 1.165) is 0 Å². The van der Waals surface area contributed by atoms with Gasteiger partial charge in [0.25, 0.3) is 5.91 Å². The zero-order chi connectivity index (χ0) is 16.9. The summed E-state index contributed by atoms with van der Waals surface area (Å²) >= 11 is 0. The van der Waals surface area contributed by atoms with E-state index >= 15 is 0 Å². The molecule has 0 radical (unpaired) electrons. The van der Waals surface area contributed by atoms with Gasteiger partial charge in [0.15, 0.2) is 0 Å². The molecule has 7 heteroatoms. The van der Waals surface area contributed by atoms with Gasteiger partial charge in [0, 0.05) is 18.5 Å². The summed E-state index contributed by atoms with van der Waals surface area (Å²) in [6, 6.07) is 8.59. The quantitative estimate of drug-likeness (QED) is 0.780. The van der Waals surface area contributed by atoms with Gasteiger partial charge in [-0.05, 0) is 24.3 Å².